The molecular formula is C11H20N4O3. The third-order valence-electron chi connectivity index (χ3n) is 2.63. The van der Waals surface area contributed by atoms with Crippen molar-refractivity contribution in [1.82, 2.24) is 13.7 Å². The molecule has 102 valence electrons. The summed E-state index contributed by atoms with van der Waals surface area (Å²) in [7, 11) is 0. The molecule has 0 saturated heterocycles. The van der Waals surface area contributed by atoms with Crippen molar-refractivity contribution in [2.24, 2.45) is 5.73 Å². The van der Waals surface area contributed by atoms with E-state index in [1.54, 1.807) is 0 Å². The number of nitrogens with two attached hydrogens (primary N) is 1. The Balaban J connectivity index is 3.59. The average molecular weight is 256 g/mol. The van der Waals surface area contributed by atoms with Crippen molar-refractivity contribution in [1.29, 1.82) is 0 Å². The van der Waals surface area contributed by atoms with Gasteiger partial charge in [-0.25, -0.2) is 28.1 Å². The van der Waals surface area contributed by atoms with Gasteiger partial charge in [-0.1, -0.05) is 13.8 Å². The second kappa shape index (κ2) is 6.34. The van der Waals surface area contributed by atoms with Crippen LogP contribution in [0, 0.1) is 0 Å². The Kier molecular flexibility index (Phi) is 5.08. The molecule has 0 fully saturated rings. The molecule has 1 aromatic heterocycles. The molecule has 18 heavy (non-hydrogen) atoms. The van der Waals surface area contributed by atoms with E-state index in [-0.39, 0.29) is 13.1 Å². The Labute approximate surface area is 104 Å². The van der Waals surface area contributed by atoms with Gasteiger partial charge < -0.3 is 5.73 Å². The highest BCUT2D eigenvalue weighted by Gasteiger charge is 2.13. The Morgan fingerprint density at radius 2 is 1.11 bits per heavy atom. The summed E-state index contributed by atoms with van der Waals surface area (Å²) in [6, 6.07) is 0. The maximum Gasteiger partial charge on any atom is 0.336 e. The first-order valence-electron chi connectivity index (χ1n) is 6.23. The third-order valence-corrected chi connectivity index (χ3v) is 2.63. The number of hydrogen-bond donors (Lipinski definition) is 1. The fourth-order valence-corrected chi connectivity index (χ4v) is 1.83. The highest BCUT2D eigenvalue weighted by Crippen LogP contribution is 1.83. The van der Waals surface area contributed by atoms with Gasteiger partial charge in [0.1, 0.15) is 0 Å². The van der Waals surface area contributed by atoms with Crippen LogP contribution in [0.1, 0.15) is 26.7 Å². The van der Waals surface area contributed by atoms with E-state index in [0.29, 0.717) is 25.9 Å². The van der Waals surface area contributed by atoms with E-state index in [2.05, 4.69) is 0 Å². The van der Waals surface area contributed by atoms with E-state index in [9.17, 15) is 14.4 Å². The molecule has 0 aliphatic heterocycles. The largest absolute Gasteiger partial charge is 0.336 e. The molecule has 0 amide bonds. The minimum atomic E-state index is -0.565. The van der Waals surface area contributed by atoms with Crippen LogP contribution < -0.4 is 22.8 Å². The van der Waals surface area contributed by atoms with E-state index >= 15 is 0 Å². The zero-order chi connectivity index (χ0) is 13.7. The van der Waals surface area contributed by atoms with Crippen molar-refractivity contribution in [3.63, 3.8) is 0 Å². The van der Waals surface area contributed by atoms with Crippen molar-refractivity contribution < 1.29 is 0 Å². The van der Waals surface area contributed by atoms with Gasteiger partial charge in [0.05, 0.1) is 0 Å². The molecule has 0 unspecified atom stereocenters. The Morgan fingerprint density at radius 1 is 0.778 bits per heavy atom. The smallest absolute Gasteiger partial charge is 0.329 e. The lowest BCUT2D eigenvalue weighted by atomic mass is 10.4. The van der Waals surface area contributed by atoms with Gasteiger partial charge in [0, 0.05) is 26.2 Å². The van der Waals surface area contributed by atoms with Crippen molar-refractivity contribution in [3.05, 3.63) is 31.5 Å². The molecular weight excluding hydrogens is 236 g/mol. The lowest BCUT2D eigenvalue weighted by molar-refractivity contribution is 0.443. The van der Waals surface area contributed by atoms with Crippen LogP contribution in [0.5, 0.6) is 0 Å². The zero-order valence-electron chi connectivity index (χ0n) is 10.9. The fraction of sp³-hybridized carbons (Fsp3) is 0.727. The van der Waals surface area contributed by atoms with Crippen LogP contribution >= 0.6 is 0 Å². The first-order chi connectivity index (χ1) is 8.58. The SMILES string of the molecule is CCCn1c(=O)n(CCC)c(=O)n(CCN)c1=O. The summed E-state index contributed by atoms with van der Waals surface area (Å²) in [5.41, 5.74) is 3.73. The fourth-order valence-electron chi connectivity index (χ4n) is 1.83. The second-order valence-electron chi connectivity index (χ2n) is 4.09. The van der Waals surface area contributed by atoms with Crippen LogP contribution in [-0.2, 0) is 19.6 Å². The normalized spacial score (nSPS) is 10.8. The Morgan fingerprint density at radius 3 is 1.39 bits per heavy atom. The first kappa shape index (κ1) is 14.4. The van der Waals surface area contributed by atoms with Gasteiger partial charge in [0.2, 0.25) is 0 Å². The number of aromatic nitrogens is 3. The number of nitrogens with zero attached hydrogens (tertiary/aromatic N) is 3. The van der Waals surface area contributed by atoms with Gasteiger partial charge in [-0.3, -0.25) is 0 Å². The predicted molar refractivity (Wildman–Crippen MR) is 68.9 cm³/mol. The standard InChI is InChI=1S/C11H20N4O3/c1-3-6-13-9(16)14(7-4-2)11(18)15(8-5-12)10(13)17/h3-8,12H2,1-2H3. The molecule has 0 radical (unpaired) electrons. The molecule has 0 aliphatic carbocycles. The quantitative estimate of drug-likeness (QED) is 0.703. The maximum absolute atomic E-state index is 12.0. The summed E-state index contributed by atoms with van der Waals surface area (Å²) in [6.07, 6.45) is 1.31. The van der Waals surface area contributed by atoms with Crippen LogP contribution in [-0.4, -0.2) is 20.2 Å². The second-order valence-corrected chi connectivity index (χ2v) is 4.09. The summed E-state index contributed by atoms with van der Waals surface area (Å²) in [5, 5.41) is 0. The van der Waals surface area contributed by atoms with Crippen molar-refractivity contribution in [2.45, 2.75) is 46.3 Å². The van der Waals surface area contributed by atoms with Crippen molar-refractivity contribution in [3.8, 4) is 0 Å². The topological polar surface area (TPSA) is 92.0 Å². The van der Waals surface area contributed by atoms with Crippen LogP contribution in [0.3, 0.4) is 0 Å². The van der Waals surface area contributed by atoms with E-state index < -0.39 is 17.1 Å². The number of rotatable bonds is 6. The third kappa shape index (κ3) is 2.61. The van der Waals surface area contributed by atoms with Gasteiger partial charge in [0.15, 0.2) is 0 Å². The van der Waals surface area contributed by atoms with Gasteiger partial charge in [-0.2, -0.15) is 0 Å². The summed E-state index contributed by atoms with van der Waals surface area (Å²) in [4.78, 5) is 36.0. The lowest BCUT2D eigenvalue weighted by Crippen LogP contribution is -2.55. The van der Waals surface area contributed by atoms with Gasteiger partial charge >= 0.3 is 17.1 Å². The molecule has 0 aromatic carbocycles. The molecule has 0 bridgehead atoms. The summed E-state index contributed by atoms with van der Waals surface area (Å²) in [6.45, 7) is 4.68. The molecule has 0 aliphatic rings. The highest BCUT2D eigenvalue weighted by atomic mass is 16.2. The van der Waals surface area contributed by atoms with Crippen molar-refractivity contribution in [2.75, 3.05) is 6.54 Å². The highest BCUT2D eigenvalue weighted by molar-refractivity contribution is 4.79. The zero-order valence-corrected chi connectivity index (χ0v) is 10.9. The van der Waals surface area contributed by atoms with E-state index in [1.807, 2.05) is 13.8 Å². The van der Waals surface area contributed by atoms with Crippen LogP contribution in [0.4, 0.5) is 0 Å². The van der Waals surface area contributed by atoms with Crippen LogP contribution in [0.25, 0.3) is 0 Å². The van der Waals surface area contributed by atoms with E-state index in [1.165, 1.54) is 0 Å². The minimum Gasteiger partial charge on any atom is -0.329 e. The molecule has 7 heteroatoms. The molecule has 0 saturated carbocycles. The predicted octanol–water partition coefficient (Wildman–Crippen LogP) is -1.05. The van der Waals surface area contributed by atoms with Gasteiger partial charge in [-0.15, -0.1) is 0 Å². The summed E-state index contributed by atoms with van der Waals surface area (Å²) >= 11 is 0. The van der Waals surface area contributed by atoms with Crippen LogP contribution in [0.15, 0.2) is 14.4 Å². The molecule has 0 spiro atoms. The summed E-state index contributed by atoms with van der Waals surface area (Å²) < 4.78 is 3.24. The van der Waals surface area contributed by atoms with Crippen molar-refractivity contribution >= 4 is 0 Å². The average Bonchev–Trinajstić information content (AvgIpc) is 2.35. The number of hydrogen-bond acceptors (Lipinski definition) is 4. The maximum atomic E-state index is 12.0. The van der Waals surface area contributed by atoms with Gasteiger partial charge in [-0.05, 0) is 12.8 Å². The molecule has 2 N–H and O–H groups in total. The first-order valence-corrected chi connectivity index (χ1v) is 6.23. The van der Waals surface area contributed by atoms with E-state index in [4.69, 9.17) is 5.73 Å². The van der Waals surface area contributed by atoms with Crippen LogP contribution in [0.2, 0.25) is 0 Å². The molecule has 1 rings (SSSR count). The van der Waals surface area contributed by atoms with E-state index in [0.717, 1.165) is 13.7 Å². The summed E-state index contributed by atoms with van der Waals surface area (Å²) in [5.74, 6) is 0. The molecule has 0 atom stereocenters. The molecule has 7 nitrogen and oxygen atoms in total. The molecule has 1 heterocycles. The minimum absolute atomic E-state index is 0.130. The molecule has 1 aromatic rings. The van der Waals surface area contributed by atoms with Gasteiger partial charge in [0.25, 0.3) is 0 Å². The lowest BCUT2D eigenvalue weighted by Gasteiger charge is -2.12. The Bertz CT molecular complexity index is 456. The Hall–Kier alpha value is -1.63. The monoisotopic (exact) mass is 256 g/mol.